The van der Waals surface area contributed by atoms with Gasteiger partial charge in [-0.3, -0.25) is 4.79 Å². The molecule has 0 unspecified atom stereocenters. The van der Waals surface area contributed by atoms with Crippen molar-refractivity contribution in [1.29, 1.82) is 0 Å². The molecule has 0 aromatic heterocycles. The van der Waals surface area contributed by atoms with Gasteiger partial charge in [0.1, 0.15) is 5.82 Å². The minimum Gasteiger partial charge on any atom is -0.376 e. The van der Waals surface area contributed by atoms with Gasteiger partial charge in [0, 0.05) is 11.7 Å². The zero-order chi connectivity index (χ0) is 13.5. The molecule has 19 heavy (non-hydrogen) atoms. The second-order valence-electron chi connectivity index (χ2n) is 5.12. The van der Waals surface area contributed by atoms with E-state index in [9.17, 15) is 9.18 Å². The molecule has 1 aliphatic carbocycles. The van der Waals surface area contributed by atoms with Gasteiger partial charge in [0.15, 0.2) is 0 Å². The van der Waals surface area contributed by atoms with Crippen molar-refractivity contribution >= 4 is 11.6 Å². The summed E-state index contributed by atoms with van der Waals surface area (Å²) < 4.78 is 12.7. The van der Waals surface area contributed by atoms with Crippen molar-refractivity contribution in [3.8, 4) is 0 Å². The summed E-state index contributed by atoms with van der Waals surface area (Å²) in [6, 6.07) is 6.35. The lowest BCUT2D eigenvalue weighted by molar-refractivity contribution is -0.120. The topological polar surface area (TPSA) is 41.1 Å². The van der Waals surface area contributed by atoms with Crippen LogP contribution in [0.4, 0.5) is 10.1 Å². The maximum atomic E-state index is 12.7. The van der Waals surface area contributed by atoms with E-state index < -0.39 is 0 Å². The van der Waals surface area contributed by atoms with Crippen molar-refractivity contribution in [3.63, 3.8) is 0 Å². The summed E-state index contributed by atoms with van der Waals surface area (Å²) >= 11 is 0. The van der Waals surface area contributed by atoms with Crippen LogP contribution in [0.5, 0.6) is 0 Å². The van der Waals surface area contributed by atoms with Crippen molar-refractivity contribution in [2.45, 2.75) is 44.6 Å². The van der Waals surface area contributed by atoms with E-state index in [0.29, 0.717) is 6.04 Å². The minimum absolute atomic E-state index is 0.0104. The van der Waals surface area contributed by atoms with Crippen molar-refractivity contribution in [3.05, 3.63) is 30.1 Å². The number of carbonyl (C=O) groups is 1. The van der Waals surface area contributed by atoms with Gasteiger partial charge in [-0.05, 0) is 37.1 Å². The maximum absolute atomic E-state index is 12.7. The summed E-state index contributed by atoms with van der Waals surface area (Å²) in [6.45, 7) is 0.238. The van der Waals surface area contributed by atoms with E-state index in [1.807, 2.05) is 0 Å². The van der Waals surface area contributed by atoms with Crippen molar-refractivity contribution in [1.82, 2.24) is 5.32 Å². The summed E-state index contributed by atoms with van der Waals surface area (Å²) in [6.07, 6.45) is 7.14. The molecule has 0 radical (unpaired) electrons. The second-order valence-corrected chi connectivity index (χ2v) is 5.12. The predicted octanol–water partition coefficient (Wildman–Crippen LogP) is 3.08. The van der Waals surface area contributed by atoms with Crippen LogP contribution >= 0.6 is 0 Å². The number of benzene rings is 1. The average molecular weight is 264 g/mol. The molecule has 1 saturated carbocycles. The highest BCUT2D eigenvalue weighted by Gasteiger charge is 2.14. The molecule has 0 bridgehead atoms. The molecule has 0 aliphatic heterocycles. The molecule has 104 valence electrons. The fourth-order valence-electron chi connectivity index (χ4n) is 2.45. The number of hydrogen-bond donors (Lipinski definition) is 2. The Bertz CT molecular complexity index is 397. The van der Waals surface area contributed by atoms with Crippen LogP contribution in [0.15, 0.2) is 24.3 Å². The Morgan fingerprint density at radius 2 is 1.74 bits per heavy atom. The largest absolute Gasteiger partial charge is 0.376 e. The van der Waals surface area contributed by atoms with E-state index >= 15 is 0 Å². The van der Waals surface area contributed by atoms with Crippen LogP contribution in [0, 0.1) is 5.82 Å². The van der Waals surface area contributed by atoms with Gasteiger partial charge in [-0.25, -0.2) is 4.39 Å². The molecule has 1 aromatic rings. The Kier molecular flexibility index (Phi) is 5.19. The summed E-state index contributed by atoms with van der Waals surface area (Å²) in [4.78, 5) is 11.8. The third kappa shape index (κ3) is 4.89. The molecule has 1 aromatic carbocycles. The van der Waals surface area contributed by atoms with E-state index in [1.165, 1.54) is 37.8 Å². The van der Waals surface area contributed by atoms with Crippen molar-refractivity contribution in [2.75, 3.05) is 11.9 Å². The Labute approximate surface area is 113 Å². The summed E-state index contributed by atoms with van der Waals surface area (Å²) in [5.74, 6) is -0.260. The van der Waals surface area contributed by atoms with Gasteiger partial charge in [-0.15, -0.1) is 0 Å². The van der Waals surface area contributed by atoms with Crippen LogP contribution in [-0.2, 0) is 4.79 Å². The van der Waals surface area contributed by atoms with Gasteiger partial charge in [-0.2, -0.15) is 0 Å². The van der Waals surface area contributed by atoms with E-state index in [2.05, 4.69) is 10.6 Å². The highest BCUT2D eigenvalue weighted by atomic mass is 19.1. The zero-order valence-electron chi connectivity index (χ0n) is 11.1. The smallest absolute Gasteiger partial charge is 0.239 e. The van der Waals surface area contributed by atoms with E-state index in [0.717, 1.165) is 18.5 Å². The highest BCUT2D eigenvalue weighted by molar-refractivity contribution is 5.80. The normalized spacial score (nSPS) is 16.7. The van der Waals surface area contributed by atoms with Gasteiger partial charge in [0.2, 0.25) is 5.91 Å². The van der Waals surface area contributed by atoms with Crippen molar-refractivity contribution < 1.29 is 9.18 Å². The summed E-state index contributed by atoms with van der Waals surface area (Å²) in [5, 5.41) is 6.06. The average Bonchev–Trinajstić information content (AvgIpc) is 2.67. The Morgan fingerprint density at radius 3 is 2.37 bits per heavy atom. The number of nitrogens with one attached hydrogen (secondary N) is 2. The van der Waals surface area contributed by atoms with E-state index in [-0.39, 0.29) is 18.3 Å². The van der Waals surface area contributed by atoms with Gasteiger partial charge in [-0.1, -0.05) is 25.7 Å². The number of halogens is 1. The molecule has 3 nitrogen and oxygen atoms in total. The SMILES string of the molecule is O=C(CNc1ccc(F)cc1)NC1CCCCCC1. The second kappa shape index (κ2) is 7.12. The Hall–Kier alpha value is -1.58. The highest BCUT2D eigenvalue weighted by Crippen LogP contribution is 2.17. The third-order valence-corrected chi connectivity index (χ3v) is 3.52. The molecule has 0 saturated heterocycles. The lowest BCUT2D eigenvalue weighted by atomic mass is 10.1. The molecule has 0 heterocycles. The number of hydrogen-bond acceptors (Lipinski definition) is 2. The van der Waals surface area contributed by atoms with Gasteiger partial charge in [0.25, 0.3) is 0 Å². The number of anilines is 1. The molecule has 1 aliphatic rings. The molecule has 1 amide bonds. The molecule has 2 rings (SSSR count). The van der Waals surface area contributed by atoms with Gasteiger partial charge >= 0.3 is 0 Å². The Morgan fingerprint density at radius 1 is 1.11 bits per heavy atom. The van der Waals surface area contributed by atoms with E-state index in [1.54, 1.807) is 12.1 Å². The number of rotatable bonds is 4. The van der Waals surface area contributed by atoms with Gasteiger partial charge < -0.3 is 10.6 Å². The van der Waals surface area contributed by atoms with Gasteiger partial charge in [0.05, 0.1) is 6.54 Å². The third-order valence-electron chi connectivity index (χ3n) is 3.52. The molecule has 0 spiro atoms. The van der Waals surface area contributed by atoms with Crippen LogP contribution in [0.1, 0.15) is 38.5 Å². The van der Waals surface area contributed by atoms with Crippen LogP contribution < -0.4 is 10.6 Å². The summed E-state index contributed by atoms with van der Waals surface area (Å²) in [7, 11) is 0. The monoisotopic (exact) mass is 264 g/mol. The first-order valence-corrected chi connectivity index (χ1v) is 7.03. The fraction of sp³-hybridized carbons (Fsp3) is 0.533. The van der Waals surface area contributed by atoms with E-state index in [4.69, 9.17) is 0 Å². The lowest BCUT2D eigenvalue weighted by Crippen LogP contribution is -2.38. The first kappa shape index (κ1) is 13.8. The van der Waals surface area contributed by atoms with Crippen LogP contribution in [0.25, 0.3) is 0 Å². The first-order chi connectivity index (χ1) is 9.24. The summed E-state index contributed by atoms with van der Waals surface area (Å²) in [5.41, 5.74) is 0.761. The fourth-order valence-corrected chi connectivity index (χ4v) is 2.45. The standard InChI is InChI=1S/C15H21FN2O/c16-12-7-9-13(10-8-12)17-11-15(19)18-14-5-3-1-2-4-6-14/h7-10,14,17H,1-6,11H2,(H,18,19). The van der Waals surface area contributed by atoms with Crippen LogP contribution in [0.2, 0.25) is 0 Å². The predicted molar refractivity (Wildman–Crippen MR) is 74.5 cm³/mol. The first-order valence-electron chi connectivity index (χ1n) is 7.03. The molecular weight excluding hydrogens is 243 g/mol. The molecule has 1 fully saturated rings. The number of amides is 1. The molecule has 4 heteroatoms. The lowest BCUT2D eigenvalue weighted by Gasteiger charge is -2.16. The van der Waals surface area contributed by atoms with Crippen molar-refractivity contribution in [2.24, 2.45) is 0 Å². The molecule has 2 N–H and O–H groups in total. The maximum Gasteiger partial charge on any atom is 0.239 e. The number of carbonyl (C=O) groups excluding carboxylic acids is 1. The zero-order valence-corrected chi connectivity index (χ0v) is 11.1. The quantitative estimate of drug-likeness (QED) is 0.821. The molecule has 0 atom stereocenters. The Balaban J connectivity index is 1.73. The van der Waals surface area contributed by atoms with Crippen LogP contribution in [-0.4, -0.2) is 18.5 Å². The molecular formula is C15H21FN2O. The van der Waals surface area contributed by atoms with Crippen LogP contribution in [0.3, 0.4) is 0 Å². The minimum atomic E-state index is -0.270.